The number of methoxy groups -OCH3 is 1. The fourth-order valence-electron chi connectivity index (χ4n) is 1.80. The number of benzene rings is 1. The highest BCUT2D eigenvalue weighted by molar-refractivity contribution is 9.10. The summed E-state index contributed by atoms with van der Waals surface area (Å²) in [5, 5.41) is -0.471. The van der Waals surface area contributed by atoms with E-state index in [0.29, 0.717) is 0 Å². The van der Waals surface area contributed by atoms with Gasteiger partial charge in [0.2, 0.25) is 0 Å². The molecular weight excluding hydrogens is 358 g/mol. The SMILES string of the molecule is COC(=O)[C@H](C)N1C(=O)S/C(=C/c2ccc(Br)cc2)C1=O. The average Bonchev–Trinajstić information content (AvgIpc) is 2.74. The van der Waals surface area contributed by atoms with E-state index >= 15 is 0 Å². The first-order chi connectivity index (χ1) is 9.93. The van der Waals surface area contributed by atoms with Gasteiger partial charge in [-0.2, -0.15) is 0 Å². The fraction of sp³-hybridized carbons (Fsp3) is 0.214. The molecule has 5 nitrogen and oxygen atoms in total. The summed E-state index contributed by atoms with van der Waals surface area (Å²) in [6, 6.07) is 6.39. The Kier molecular flexibility index (Phi) is 4.84. The molecule has 1 aromatic rings. The first-order valence-electron chi connectivity index (χ1n) is 6.04. The summed E-state index contributed by atoms with van der Waals surface area (Å²) in [7, 11) is 1.22. The summed E-state index contributed by atoms with van der Waals surface area (Å²) < 4.78 is 5.49. The molecule has 0 N–H and O–H groups in total. The number of ether oxygens (including phenoxy) is 1. The van der Waals surface area contributed by atoms with E-state index in [1.54, 1.807) is 6.08 Å². The van der Waals surface area contributed by atoms with Crippen LogP contribution in [0.4, 0.5) is 4.79 Å². The van der Waals surface area contributed by atoms with E-state index in [0.717, 1.165) is 26.7 Å². The van der Waals surface area contributed by atoms with Crippen LogP contribution in [0.3, 0.4) is 0 Å². The van der Waals surface area contributed by atoms with E-state index in [1.165, 1.54) is 14.0 Å². The first-order valence-corrected chi connectivity index (χ1v) is 7.65. The van der Waals surface area contributed by atoms with Crippen molar-refractivity contribution in [3.8, 4) is 0 Å². The second-order valence-corrected chi connectivity index (χ2v) is 6.21. The molecule has 1 heterocycles. The standard InChI is InChI=1S/C14H12BrNO4S/c1-8(13(18)20-2)16-12(17)11(21-14(16)19)7-9-3-5-10(15)6-4-9/h3-8H,1-2H3/b11-7+/t8-/m0/s1. The van der Waals surface area contributed by atoms with Crippen molar-refractivity contribution in [1.82, 2.24) is 4.90 Å². The number of halogens is 1. The zero-order valence-corrected chi connectivity index (χ0v) is 13.7. The van der Waals surface area contributed by atoms with Crippen LogP contribution in [0.15, 0.2) is 33.6 Å². The largest absolute Gasteiger partial charge is 0.467 e. The minimum atomic E-state index is -0.932. The van der Waals surface area contributed by atoms with Gasteiger partial charge >= 0.3 is 5.97 Å². The Morgan fingerprint density at radius 1 is 1.33 bits per heavy atom. The number of rotatable bonds is 3. The predicted molar refractivity (Wildman–Crippen MR) is 83.4 cm³/mol. The molecule has 0 saturated carbocycles. The van der Waals surface area contributed by atoms with Crippen LogP contribution in [0.1, 0.15) is 12.5 Å². The van der Waals surface area contributed by atoms with Crippen LogP contribution in [-0.2, 0) is 14.3 Å². The molecular formula is C14H12BrNO4S. The number of imide groups is 1. The van der Waals surface area contributed by atoms with Gasteiger partial charge in [-0.1, -0.05) is 28.1 Å². The molecule has 0 aliphatic carbocycles. The molecule has 1 saturated heterocycles. The van der Waals surface area contributed by atoms with Gasteiger partial charge in [0.15, 0.2) is 0 Å². The van der Waals surface area contributed by atoms with Crippen LogP contribution >= 0.6 is 27.7 Å². The number of thioether (sulfide) groups is 1. The zero-order chi connectivity index (χ0) is 15.6. The number of carbonyl (C=O) groups excluding carboxylic acids is 3. The Hall–Kier alpha value is -1.60. The molecule has 1 aromatic carbocycles. The zero-order valence-electron chi connectivity index (χ0n) is 11.3. The minimum absolute atomic E-state index is 0.290. The predicted octanol–water partition coefficient (Wildman–Crippen LogP) is 3.05. The van der Waals surface area contributed by atoms with E-state index in [2.05, 4.69) is 20.7 Å². The number of esters is 1. The van der Waals surface area contributed by atoms with Crippen LogP contribution in [0.2, 0.25) is 0 Å². The molecule has 2 amide bonds. The van der Waals surface area contributed by atoms with Crippen LogP contribution < -0.4 is 0 Å². The molecule has 21 heavy (non-hydrogen) atoms. The second-order valence-electron chi connectivity index (χ2n) is 4.30. The molecule has 0 bridgehead atoms. The van der Waals surface area contributed by atoms with Crippen molar-refractivity contribution in [2.45, 2.75) is 13.0 Å². The maximum atomic E-state index is 12.2. The molecule has 1 atom stereocenters. The molecule has 7 heteroatoms. The van der Waals surface area contributed by atoms with Gasteiger partial charge in [-0.25, -0.2) is 4.79 Å². The summed E-state index contributed by atoms with van der Waals surface area (Å²) >= 11 is 4.14. The Labute approximate surface area is 134 Å². The maximum Gasteiger partial charge on any atom is 0.328 e. The van der Waals surface area contributed by atoms with Crippen LogP contribution in [0.25, 0.3) is 6.08 Å². The Morgan fingerprint density at radius 3 is 2.52 bits per heavy atom. The summed E-state index contributed by atoms with van der Waals surface area (Å²) in [4.78, 5) is 36.9. The number of carbonyl (C=O) groups is 3. The van der Waals surface area contributed by atoms with Gasteiger partial charge in [0.1, 0.15) is 6.04 Å². The van der Waals surface area contributed by atoms with Gasteiger partial charge in [0.25, 0.3) is 11.1 Å². The van der Waals surface area contributed by atoms with E-state index in [4.69, 9.17) is 0 Å². The summed E-state index contributed by atoms with van der Waals surface area (Å²) in [5.41, 5.74) is 0.800. The Morgan fingerprint density at radius 2 is 1.95 bits per heavy atom. The van der Waals surface area contributed by atoms with E-state index in [9.17, 15) is 14.4 Å². The highest BCUT2D eigenvalue weighted by Crippen LogP contribution is 2.33. The van der Waals surface area contributed by atoms with E-state index in [-0.39, 0.29) is 4.91 Å². The van der Waals surface area contributed by atoms with Gasteiger partial charge in [-0.3, -0.25) is 14.5 Å². The average molecular weight is 370 g/mol. The normalized spacial score (nSPS) is 18.2. The first kappa shape index (κ1) is 15.8. The van der Waals surface area contributed by atoms with Gasteiger partial charge in [0.05, 0.1) is 12.0 Å². The Bertz CT molecular complexity index is 626. The number of hydrogen-bond donors (Lipinski definition) is 0. The lowest BCUT2D eigenvalue weighted by Crippen LogP contribution is -2.42. The van der Waals surface area contributed by atoms with Crippen molar-refractivity contribution in [3.05, 3.63) is 39.2 Å². The molecule has 1 aliphatic heterocycles. The molecule has 2 rings (SSSR count). The number of hydrogen-bond acceptors (Lipinski definition) is 5. The molecule has 0 unspecified atom stereocenters. The lowest BCUT2D eigenvalue weighted by molar-refractivity contribution is -0.148. The molecule has 0 radical (unpaired) electrons. The van der Waals surface area contributed by atoms with Gasteiger partial charge in [-0.15, -0.1) is 0 Å². The van der Waals surface area contributed by atoms with E-state index in [1.807, 2.05) is 24.3 Å². The van der Waals surface area contributed by atoms with Gasteiger partial charge < -0.3 is 4.74 Å². The second kappa shape index (κ2) is 6.44. The lowest BCUT2D eigenvalue weighted by Gasteiger charge is -2.18. The fourth-order valence-corrected chi connectivity index (χ4v) is 2.97. The summed E-state index contributed by atoms with van der Waals surface area (Å²) in [6.45, 7) is 1.46. The quantitative estimate of drug-likeness (QED) is 0.605. The molecule has 110 valence electrons. The third-order valence-electron chi connectivity index (χ3n) is 2.92. The highest BCUT2D eigenvalue weighted by atomic mass is 79.9. The van der Waals surface area contributed by atoms with Crippen molar-refractivity contribution in [2.24, 2.45) is 0 Å². The van der Waals surface area contributed by atoms with Crippen molar-refractivity contribution in [2.75, 3.05) is 7.11 Å². The third-order valence-corrected chi connectivity index (χ3v) is 4.33. The van der Waals surface area contributed by atoms with Crippen molar-refractivity contribution in [1.29, 1.82) is 0 Å². The summed E-state index contributed by atoms with van der Waals surface area (Å²) in [5.74, 6) is -1.10. The van der Waals surface area contributed by atoms with Crippen LogP contribution in [0.5, 0.6) is 0 Å². The Balaban J connectivity index is 2.25. The van der Waals surface area contributed by atoms with Crippen molar-refractivity contribution < 1.29 is 19.1 Å². The minimum Gasteiger partial charge on any atom is -0.467 e. The topological polar surface area (TPSA) is 63.7 Å². The smallest absolute Gasteiger partial charge is 0.328 e. The molecule has 1 aliphatic rings. The van der Waals surface area contributed by atoms with Crippen LogP contribution in [-0.4, -0.2) is 35.2 Å². The number of nitrogens with zero attached hydrogens (tertiary/aromatic N) is 1. The van der Waals surface area contributed by atoms with Gasteiger partial charge in [0, 0.05) is 4.47 Å². The van der Waals surface area contributed by atoms with Gasteiger partial charge in [-0.05, 0) is 42.5 Å². The van der Waals surface area contributed by atoms with Crippen molar-refractivity contribution in [3.63, 3.8) is 0 Å². The van der Waals surface area contributed by atoms with E-state index < -0.39 is 23.2 Å². The molecule has 0 aromatic heterocycles. The van der Waals surface area contributed by atoms with Crippen molar-refractivity contribution >= 4 is 50.9 Å². The molecule has 1 fully saturated rings. The monoisotopic (exact) mass is 369 g/mol. The number of amides is 2. The maximum absolute atomic E-state index is 12.2. The highest BCUT2D eigenvalue weighted by Gasteiger charge is 2.41. The molecule has 0 spiro atoms. The lowest BCUT2D eigenvalue weighted by atomic mass is 10.2. The summed E-state index contributed by atoms with van der Waals surface area (Å²) in [6.07, 6.45) is 1.63. The third kappa shape index (κ3) is 3.36. The van der Waals surface area contributed by atoms with Crippen LogP contribution in [0, 0.1) is 0 Å².